The van der Waals surface area contributed by atoms with Gasteiger partial charge in [0.1, 0.15) is 19.3 Å². The predicted molar refractivity (Wildman–Crippen MR) is 85.5 cm³/mol. The Morgan fingerprint density at radius 3 is 2.62 bits per heavy atom. The van der Waals surface area contributed by atoms with Gasteiger partial charge in [-0.2, -0.15) is 0 Å². The molecule has 0 saturated heterocycles. The van der Waals surface area contributed by atoms with E-state index in [1.807, 2.05) is 0 Å². The summed E-state index contributed by atoms with van der Waals surface area (Å²) >= 11 is 0. The van der Waals surface area contributed by atoms with E-state index in [2.05, 4.69) is 0 Å². The lowest BCUT2D eigenvalue weighted by atomic mass is 10.1. The lowest BCUT2D eigenvalue weighted by Crippen LogP contribution is -2.27. The fourth-order valence-corrected chi connectivity index (χ4v) is 3.10. The van der Waals surface area contributed by atoms with Gasteiger partial charge in [0.05, 0.1) is 12.5 Å². The van der Waals surface area contributed by atoms with Gasteiger partial charge in [-0.15, -0.1) is 0 Å². The Morgan fingerprint density at radius 1 is 1.08 bits per heavy atom. The third-order valence-electron chi connectivity index (χ3n) is 4.40. The van der Waals surface area contributed by atoms with Gasteiger partial charge in [-0.3, -0.25) is 9.59 Å². The van der Waals surface area contributed by atoms with E-state index in [-0.39, 0.29) is 36.8 Å². The molecule has 0 radical (unpaired) electrons. The first-order valence-electron chi connectivity index (χ1n) is 8.32. The molecule has 1 heterocycles. The number of ketones is 1. The second kappa shape index (κ2) is 7.66. The van der Waals surface area contributed by atoms with Crippen molar-refractivity contribution in [3.05, 3.63) is 23.8 Å². The fourth-order valence-electron chi connectivity index (χ4n) is 3.10. The van der Waals surface area contributed by atoms with Gasteiger partial charge in [-0.05, 0) is 37.5 Å². The van der Waals surface area contributed by atoms with E-state index in [1.165, 1.54) is 0 Å². The molecule has 1 fully saturated rings. The highest BCUT2D eigenvalue weighted by molar-refractivity contribution is 5.98. The molecule has 3 rings (SSSR count). The summed E-state index contributed by atoms with van der Waals surface area (Å²) in [6.45, 7) is 0.981. The van der Waals surface area contributed by atoms with Gasteiger partial charge in [0.15, 0.2) is 17.3 Å². The van der Waals surface area contributed by atoms with Gasteiger partial charge in [0.2, 0.25) is 0 Å². The number of carbonyl (C=O) groups excluding carboxylic acids is 2. The van der Waals surface area contributed by atoms with E-state index in [0.29, 0.717) is 30.3 Å². The second-order valence-electron chi connectivity index (χ2n) is 6.01. The number of esters is 1. The lowest BCUT2D eigenvalue weighted by Gasteiger charge is -2.19. The summed E-state index contributed by atoms with van der Waals surface area (Å²) in [6, 6.07) is 5.08. The Morgan fingerprint density at radius 2 is 1.83 bits per heavy atom. The van der Waals surface area contributed by atoms with E-state index >= 15 is 0 Å². The maximum atomic E-state index is 12.3. The lowest BCUT2D eigenvalue weighted by molar-refractivity contribution is -0.154. The molecular weight excluding hydrogens is 312 g/mol. The Bertz CT molecular complexity index is 612. The van der Waals surface area contributed by atoms with Crippen LogP contribution in [0.3, 0.4) is 0 Å². The molecule has 0 spiro atoms. The van der Waals surface area contributed by atoms with Gasteiger partial charge >= 0.3 is 5.97 Å². The van der Waals surface area contributed by atoms with E-state index in [0.717, 1.165) is 19.3 Å². The molecule has 1 aliphatic carbocycles. The summed E-state index contributed by atoms with van der Waals surface area (Å²) in [5, 5.41) is 0. The summed E-state index contributed by atoms with van der Waals surface area (Å²) in [6.07, 6.45) is 2.69. The quantitative estimate of drug-likeness (QED) is 0.588. The predicted octanol–water partition coefficient (Wildman–Crippen LogP) is 2.53. The van der Waals surface area contributed by atoms with Gasteiger partial charge in [0, 0.05) is 19.1 Å². The summed E-state index contributed by atoms with van der Waals surface area (Å²) in [5.74, 6) is 0.751. The zero-order valence-corrected chi connectivity index (χ0v) is 13.8. The molecular formula is C18H22O6. The number of fused-ring (bicyclic) bond motifs is 1. The highest BCUT2D eigenvalue weighted by Crippen LogP contribution is 2.31. The monoisotopic (exact) mass is 334 g/mol. The van der Waals surface area contributed by atoms with Crippen molar-refractivity contribution in [3.63, 3.8) is 0 Å². The molecule has 24 heavy (non-hydrogen) atoms. The number of Topliss-reactive ketones (excluding diaryl/α,β-unsaturated/α-hetero) is 1. The molecule has 0 aromatic heterocycles. The van der Waals surface area contributed by atoms with Crippen molar-refractivity contribution in [1.82, 2.24) is 0 Å². The van der Waals surface area contributed by atoms with Crippen molar-refractivity contribution in [1.29, 1.82) is 0 Å². The van der Waals surface area contributed by atoms with Gasteiger partial charge in [-0.1, -0.05) is 0 Å². The SMILES string of the molecule is CO[C@@H]1CCC[C@@H]1OC(=O)CCC(=O)c1ccc2c(c1)OCCO2. The maximum Gasteiger partial charge on any atom is 0.306 e. The number of benzene rings is 1. The minimum Gasteiger partial charge on any atom is -0.486 e. The molecule has 1 aromatic carbocycles. The molecule has 6 heteroatoms. The first kappa shape index (κ1) is 16.8. The van der Waals surface area contributed by atoms with E-state index < -0.39 is 0 Å². The van der Waals surface area contributed by atoms with Crippen LogP contribution in [0.15, 0.2) is 18.2 Å². The smallest absolute Gasteiger partial charge is 0.306 e. The number of ether oxygens (including phenoxy) is 4. The molecule has 2 aliphatic rings. The van der Waals surface area contributed by atoms with Crippen molar-refractivity contribution in [2.24, 2.45) is 0 Å². The topological polar surface area (TPSA) is 71.1 Å². The van der Waals surface area contributed by atoms with Crippen LogP contribution >= 0.6 is 0 Å². The number of hydrogen-bond donors (Lipinski definition) is 0. The summed E-state index contributed by atoms with van der Waals surface area (Å²) in [4.78, 5) is 24.2. The number of hydrogen-bond acceptors (Lipinski definition) is 6. The van der Waals surface area contributed by atoms with Gasteiger partial charge in [0.25, 0.3) is 0 Å². The van der Waals surface area contributed by atoms with E-state index in [9.17, 15) is 9.59 Å². The summed E-state index contributed by atoms with van der Waals surface area (Å²) in [5.41, 5.74) is 0.516. The first-order chi connectivity index (χ1) is 11.7. The Balaban J connectivity index is 1.51. The molecule has 130 valence electrons. The molecule has 1 saturated carbocycles. The number of carbonyl (C=O) groups is 2. The van der Waals surface area contributed by atoms with Crippen LogP contribution in [-0.4, -0.2) is 44.3 Å². The van der Waals surface area contributed by atoms with Crippen LogP contribution in [0.5, 0.6) is 11.5 Å². The van der Waals surface area contributed by atoms with Crippen LogP contribution in [0.25, 0.3) is 0 Å². The van der Waals surface area contributed by atoms with Crippen molar-refractivity contribution in [2.75, 3.05) is 20.3 Å². The average molecular weight is 334 g/mol. The molecule has 0 bridgehead atoms. The second-order valence-corrected chi connectivity index (χ2v) is 6.01. The molecule has 6 nitrogen and oxygen atoms in total. The minimum atomic E-state index is -0.352. The Kier molecular flexibility index (Phi) is 5.35. The van der Waals surface area contributed by atoms with Crippen LogP contribution in [0.2, 0.25) is 0 Å². The first-order valence-corrected chi connectivity index (χ1v) is 8.32. The third-order valence-corrected chi connectivity index (χ3v) is 4.40. The summed E-state index contributed by atoms with van der Waals surface area (Å²) < 4.78 is 21.6. The largest absolute Gasteiger partial charge is 0.486 e. The minimum absolute atomic E-state index is 0.0255. The molecule has 0 N–H and O–H groups in total. The van der Waals surface area contributed by atoms with Crippen LogP contribution in [-0.2, 0) is 14.3 Å². The number of rotatable bonds is 6. The van der Waals surface area contributed by atoms with Crippen molar-refractivity contribution in [3.8, 4) is 11.5 Å². The third kappa shape index (κ3) is 3.87. The van der Waals surface area contributed by atoms with Crippen LogP contribution in [0.4, 0.5) is 0 Å². The maximum absolute atomic E-state index is 12.3. The Labute approximate surface area is 141 Å². The fraction of sp³-hybridized carbons (Fsp3) is 0.556. The normalized spacial score (nSPS) is 22.2. The van der Waals surface area contributed by atoms with Crippen LogP contribution in [0.1, 0.15) is 42.5 Å². The van der Waals surface area contributed by atoms with E-state index in [4.69, 9.17) is 18.9 Å². The average Bonchev–Trinajstić information content (AvgIpc) is 3.06. The highest BCUT2D eigenvalue weighted by atomic mass is 16.6. The zero-order chi connectivity index (χ0) is 16.9. The van der Waals surface area contributed by atoms with Crippen molar-refractivity contribution in [2.45, 2.75) is 44.3 Å². The van der Waals surface area contributed by atoms with Gasteiger partial charge < -0.3 is 18.9 Å². The zero-order valence-electron chi connectivity index (χ0n) is 13.8. The van der Waals surface area contributed by atoms with Gasteiger partial charge in [-0.25, -0.2) is 0 Å². The molecule has 0 amide bonds. The van der Waals surface area contributed by atoms with Crippen molar-refractivity contribution >= 4 is 11.8 Å². The van der Waals surface area contributed by atoms with E-state index in [1.54, 1.807) is 25.3 Å². The standard InChI is InChI=1S/C18H22O6/c1-21-14-3-2-4-16(14)24-18(20)8-6-13(19)12-5-7-15-17(11-12)23-10-9-22-15/h5,7,11,14,16H,2-4,6,8-10H2,1H3/t14-,16+/m1/s1. The molecule has 2 atom stereocenters. The Hall–Kier alpha value is -2.08. The highest BCUT2D eigenvalue weighted by Gasteiger charge is 2.30. The molecule has 1 aromatic rings. The molecule has 0 unspecified atom stereocenters. The van der Waals surface area contributed by atoms with Crippen molar-refractivity contribution < 1.29 is 28.5 Å². The summed E-state index contributed by atoms with van der Waals surface area (Å²) in [7, 11) is 1.63. The van der Waals surface area contributed by atoms with Crippen LogP contribution < -0.4 is 9.47 Å². The molecule has 1 aliphatic heterocycles. The number of methoxy groups -OCH3 is 1. The van der Waals surface area contributed by atoms with Crippen LogP contribution in [0, 0.1) is 0 Å².